The zero-order chi connectivity index (χ0) is 16.8. The molecule has 0 aliphatic rings. The van der Waals surface area contributed by atoms with E-state index < -0.39 is 31.5 Å². The third-order valence-corrected chi connectivity index (χ3v) is 2.40. The van der Waals surface area contributed by atoms with Crippen LogP contribution in [-0.2, 0) is 0 Å². The number of halogens is 5. The molecule has 0 fully saturated rings. The summed E-state index contributed by atoms with van der Waals surface area (Å²) >= 11 is 0. The lowest BCUT2D eigenvalue weighted by Crippen LogP contribution is -2.42. The van der Waals surface area contributed by atoms with Gasteiger partial charge in [0.15, 0.2) is 0 Å². The average molecular weight is 328 g/mol. The number of hydrogen-bond acceptors (Lipinski definition) is 3. The molecule has 3 N–H and O–H groups in total. The third-order valence-electron chi connectivity index (χ3n) is 2.40. The first-order valence-electron chi connectivity index (χ1n) is 5.98. The third kappa shape index (κ3) is 7.07. The molecule has 1 aromatic carbocycles. The minimum absolute atomic E-state index is 0.109. The Morgan fingerprint density at radius 1 is 1.18 bits per heavy atom. The van der Waals surface area contributed by atoms with Gasteiger partial charge in [0.05, 0.1) is 6.10 Å². The van der Waals surface area contributed by atoms with Crippen molar-refractivity contribution in [3.05, 3.63) is 29.8 Å². The second kappa shape index (κ2) is 7.78. The monoisotopic (exact) mass is 328 g/mol. The quantitative estimate of drug-likeness (QED) is 0.701. The standard InChI is InChI=1S/C12H13F5N2O3/c13-10(14)22-8-3-1-7(2-4-8)9(20)5-18-11(21)19-6-12(15,16)17/h1-4,9-10,20H,5-6H2,(H2,18,19,21). The number of rotatable bonds is 6. The summed E-state index contributed by atoms with van der Waals surface area (Å²) in [5, 5.41) is 13.3. The molecular weight excluding hydrogens is 315 g/mol. The lowest BCUT2D eigenvalue weighted by atomic mass is 10.1. The molecule has 1 rings (SSSR count). The fraction of sp³-hybridized carbons (Fsp3) is 0.417. The molecule has 0 aliphatic carbocycles. The predicted molar refractivity (Wildman–Crippen MR) is 65.5 cm³/mol. The topological polar surface area (TPSA) is 70.6 Å². The molecule has 1 unspecified atom stereocenters. The molecule has 0 radical (unpaired) electrons. The number of benzene rings is 1. The SMILES string of the molecule is O=C(NCC(O)c1ccc(OC(F)F)cc1)NCC(F)(F)F. The van der Waals surface area contributed by atoms with E-state index in [0.717, 1.165) is 0 Å². The number of carbonyl (C=O) groups is 1. The van der Waals surface area contributed by atoms with E-state index in [1.54, 1.807) is 5.32 Å². The van der Waals surface area contributed by atoms with Gasteiger partial charge in [-0.05, 0) is 17.7 Å². The normalized spacial score (nSPS) is 12.9. The van der Waals surface area contributed by atoms with E-state index >= 15 is 0 Å². The summed E-state index contributed by atoms with van der Waals surface area (Å²) in [4.78, 5) is 11.1. The highest BCUT2D eigenvalue weighted by Crippen LogP contribution is 2.19. The Labute approximate surface area is 122 Å². The van der Waals surface area contributed by atoms with Crippen molar-refractivity contribution in [2.75, 3.05) is 13.1 Å². The van der Waals surface area contributed by atoms with Crippen LogP contribution in [0.3, 0.4) is 0 Å². The van der Waals surface area contributed by atoms with Crippen molar-refractivity contribution in [1.29, 1.82) is 0 Å². The van der Waals surface area contributed by atoms with Crippen molar-refractivity contribution < 1.29 is 36.6 Å². The van der Waals surface area contributed by atoms with Crippen LogP contribution in [0.25, 0.3) is 0 Å². The maximum absolute atomic E-state index is 11.9. The molecule has 22 heavy (non-hydrogen) atoms. The summed E-state index contributed by atoms with van der Waals surface area (Å²) in [5.41, 5.74) is 0.276. The van der Waals surface area contributed by atoms with Crippen molar-refractivity contribution in [2.24, 2.45) is 0 Å². The molecule has 0 bridgehead atoms. The van der Waals surface area contributed by atoms with Crippen LogP contribution in [0.5, 0.6) is 5.75 Å². The van der Waals surface area contributed by atoms with Gasteiger partial charge in [0.2, 0.25) is 0 Å². The molecular formula is C12H13F5N2O3. The highest BCUT2D eigenvalue weighted by molar-refractivity contribution is 5.73. The summed E-state index contributed by atoms with van der Waals surface area (Å²) in [6.45, 7) is -4.82. The molecule has 0 saturated carbocycles. The second-order valence-corrected chi connectivity index (χ2v) is 4.14. The Kier molecular flexibility index (Phi) is 6.35. The van der Waals surface area contributed by atoms with Crippen molar-refractivity contribution in [3.8, 4) is 5.75 Å². The number of aliphatic hydroxyl groups excluding tert-OH is 1. The number of aliphatic hydroxyl groups is 1. The van der Waals surface area contributed by atoms with E-state index in [1.807, 2.05) is 5.32 Å². The van der Waals surface area contributed by atoms with Crippen LogP contribution < -0.4 is 15.4 Å². The lowest BCUT2D eigenvalue weighted by molar-refractivity contribution is -0.122. The summed E-state index contributed by atoms with van der Waals surface area (Å²) in [6.07, 6.45) is -5.74. The molecule has 0 aliphatic heterocycles. The van der Waals surface area contributed by atoms with Crippen molar-refractivity contribution in [1.82, 2.24) is 10.6 Å². The van der Waals surface area contributed by atoms with Gasteiger partial charge in [0.25, 0.3) is 0 Å². The van der Waals surface area contributed by atoms with Gasteiger partial charge in [-0.25, -0.2) is 4.79 Å². The van der Waals surface area contributed by atoms with Gasteiger partial charge in [-0.15, -0.1) is 0 Å². The zero-order valence-corrected chi connectivity index (χ0v) is 11.0. The smallest absolute Gasteiger partial charge is 0.405 e. The highest BCUT2D eigenvalue weighted by Gasteiger charge is 2.27. The molecule has 1 aromatic rings. The molecule has 0 spiro atoms. The van der Waals surface area contributed by atoms with Crippen molar-refractivity contribution in [2.45, 2.75) is 18.9 Å². The Hall–Kier alpha value is -2.10. The Morgan fingerprint density at radius 2 is 1.77 bits per heavy atom. The van der Waals surface area contributed by atoms with E-state index in [0.29, 0.717) is 0 Å². The fourth-order valence-corrected chi connectivity index (χ4v) is 1.42. The number of hydrogen-bond donors (Lipinski definition) is 3. The number of amides is 2. The van der Waals surface area contributed by atoms with Crippen LogP contribution in [0, 0.1) is 0 Å². The molecule has 124 valence electrons. The Balaban J connectivity index is 2.41. The van der Waals surface area contributed by atoms with Crippen molar-refractivity contribution in [3.63, 3.8) is 0 Å². The van der Waals surface area contributed by atoms with E-state index in [4.69, 9.17) is 0 Å². The van der Waals surface area contributed by atoms with E-state index in [1.165, 1.54) is 24.3 Å². The highest BCUT2D eigenvalue weighted by atomic mass is 19.4. The number of alkyl halides is 5. The molecule has 5 nitrogen and oxygen atoms in total. The second-order valence-electron chi connectivity index (χ2n) is 4.14. The Bertz CT molecular complexity index is 479. The van der Waals surface area contributed by atoms with Crippen LogP contribution in [0.15, 0.2) is 24.3 Å². The van der Waals surface area contributed by atoms with Crippen LogP contribution in [0.2, 0.25) is 0 Å². The first kappa shape index (κ1) is 18.0. The van der Waals surface area contributed by atoms with Gasteiger partial charge in [-0.2, -0.15) is 22.0 Å². The van der Waals surface area contributed by atoms with E-state index in [9.17, 15) is 31.9 Å². The Morgan fingerprint density at radius 3 is 2.27 bits per heavy atom. The molecule has 10 heteroatoms. The van der Waals surface area contributed by atoms with Crippen molar-refractivity contribution >= 4 is 6.03 Å². The first-order chi connectivity index (χ1) is 10.2. The van der Waals surface area contributed by atoms with Gasteiger partial charge in [-0.1, -0.05) is 12.1 Å². The number of carbonyl (C=O) groups excluding carboxylic acids is 1. The summed E-state index contributed by atoms with van der Waals surface area (Å²) < 4.78 is 63.5. The lowest BCUT2D eigenvalue weighted by Gasteiger charge is -2.14. The van der Waals surface area contributed by atoms with Crippen LogP contribution >= 0.6 is 0 Å². The average Bonchev–Trinajstić information content (AvgIpc) is 2.42. The largest absolute Gasteiger partial charge is 0.435 e. The summed E-state index contributed by atoms with van der Waals surface area (Å²) in [5.74, 6) is -0.109. The van der Waals surface area contributed by atoms with Gasteiger partial charge >= 0.3 is 18.8 Å². The summed E-state index contributed by atoms with van der Waals surface area (Å²) in [6, 6.07) is 3.87. The van der Waals surface area contributed by atoms with Gasteiger partial charge in [-0.3, -0.25) is 0 Å². The molecule has 0 heterocycles. The molecule has 2 amide bonds. The predicted octanol–water partition coefficient (Wildman–Crippen LogP) is 2.18. The fourth-order valence-electron chi connectivity index (χ4n) is 1.42. The first-order valence-corrected chi connectivity index (χ1v) is 5.98. The van der Waals surface area contributed by atoms with Crippen LogP contribution in [0.1, 0.15) is 11.7 Å². The van der Waals surface area contributed by atoms with Gasteiger partial charge in [0, 0.05) is 6.54 Å². The maximum atomic E-state index is 11.9. The zero-order valence-electron chi connectivity index (χ0n) is 11.0. The number of nitrogens with one attached hydrogen (secondary N) is 2. The number of ether oxygens (including phenoxy) is 1. The molecule has 0 saturated heterocycles. The van der Waals surface area contributed by atoms with Gasteiger partial charge in [0.1, 0.15) is 12.3 Å². The number of urea groups is 1. The molecule has 1 atom stereocenters. The van der Waals surface area contributed by atoms with Crippen LogP contribution in [0.4, 0.5) is 26.7 Å². The minimum Gasteiger partial charge on any atom is -0.435 e. The molecule has 0 aromatic heterocycles. The van der Waals surface area contributed by atoms with Crippen LogP contribution in [-0.4, -0.2) is 37.0 Å². The minimum atomic E-state index is -4.53. The van der Waals surface area contributed by atoms with Gasteiger partial charge < -0.3 is 20.5 Å². The van der Waals surface area contributed by atoms with E-state index in [-0.39, 0.29) is 17.9 Å². The van der Waals surface area contributed by atoms with E-state index in [2.05, 4.69) is 4.74 Å². The summed E-state index contributed by atoms with van der Waals surface area (Å²) in [7, 11) is 0. The maximum Gasteiger partial charge on any atom is 0.405 e.